The summed E-state index contributed by atoms with van der Waals surface area (Å²) in [5.41, 5.74) is 6.90. The molecule has 0 bridgehead atoms. The number of benzene rings is 3. The molecule has 160 valence electrons. The monoisotopic (exact) mass is 420 g/mol. The lowest BCUT2D eigenvalue weighted by Gasteiger charge is -2.14. The van der Waals surface area contributed by atoms with Gasteiger partial charge in [0.25, 0.3) is 0 Å². The van der Waals surface area contributed by atoms with Gasteiger partial charge in [0.2, 0.25) is 0 Å². The molecule has 4 heteroatoms. The minimum Gasteiger partial charge on any atom is -0.356 e. The van der Waals surface area contributed by atoms with Gasteiger partial charge in [-0.05, 0) is 106 Å². The van der Waals surface area contributed by atoms with Gasteiger partial charge in [-0.15, -0.1) is 0 Å². The lowest BCUT2D eigenvalue weighted by molar-refractivity contribution is 0.585. The van der Waals surface area contributed by atoms with Crippen LogP contribution in [0.5, 0.6) is 0 Å². The maximum atomic E-state index is 4.70. The van der Waals surface area contributed by atoms with Crippen molar-refractivity contribution >= 4 is 39.9 Å². The molecule has 3 aromatic rings. The molecule has 0 unspecified atom stereocenters. The number of hydrogen-bond donors (Lipinski definition) is 2. The SMILES string of the molecule is CC(C)(C)N=C1C=CC(=Nc2ccc(Nc3ccc(Nc4ccccc4)cc3)cc2)C=C1. The largest absolute Gasteiger partial charge is 0.356 e. The molecule has 1 aliphatic carbocycles. The second-order valence-corrected chi connectivity index (χ2v) is 8.65. The Morgan fingerprint density at radius 3 is 1.47 bits per heavy atom. The third kappa shape index (κ3) is 6.29. The average Bonchev–Trinajstić information content (AvgIpc) is 2.78. The van der Waals surface area contributed by atoms with E-state index in [1.54, 1.807) is 0 Å². The Bertz CT molecular complexity index is 1140. The molecule has 0 saturated heterocycles. The van der Waals surface area contributed by atoms with Crippen molar-refractivity contribution in [1.29, 1.82) is 0 Å². The minimum atomic E-state index is -0.0831. The van der Waals surface area contributed by atoms with Crippen molar-refractivity contribution in [2.45, 2.75) is 26.3 Å². The highest BCUT2D eigenvalue weighted by Crippen LogP contribution is 2.23. The maximum Gasteiger partial charge on any atom is 0.0638 e. The van der Waals surface area contributed by atoms with E-state index in [-0.39, 0.29) is 5.54 Å². The van der Waals surface area contributed by atoms with Gasteiger partial charge in [-0.3, -0.25) is 4.99 Å². The smallest absolute Gasteiger partial charge is 0.0638 e. The van der Waals surface area contributed by atoms with Crippen molar-refractivity contribution in [2.75, 3.05) is 10.6 Å². The zero-order chi connectivity index (χ0) is 22.4. The summed E-state index contributed by atoms with van der Waals surface area (Å²) in [4.78, 5) is 9.36. The summed E-state index contributed by atoms with van der Waals surface area (Å²) >= 11 is 0. The van der Waals surface area contributed by atoms with Crippen molar-refractivity contribution in [2.24, 2.45) is 9.98 Å². The number of nitrogens with zero attached hydrogens (tertiary/aromatic N) is 2. The number of aliphatic imine (C=N–C) groups is 2. The standard InChI is InChI=1S/C28H28N4/c1-28(2,3)32-27-19-17-26(18-20-27)31-25-15-13-24(14-16-25)30-23-11-9-22(10-12-23)29-21-7-5-4-6-8-21/h4-20,29-30H,1-3H3. The molecule has 4 nitrogen and oxygen atoms in total. The topological polar surface area (TPSA) is 48.8 Å². The Labute approximate surface area is 190 Å². The molecule has 32 heavy (non-hydrogen) atoms. The molecular formula is C28H28N4. The van der Waals surface area contributed by atoms with Crippen LogP contribution in [0, 0.1) is 0 Å². The van der Waals surface area contributed by atoms with Gasteiger partial charge >= 0.3 is 0 Å². The van der Waals surface area contributed by atoms with E-state index in [2.05, 4.69) is 60.7 Å². The fourth-order valence-electron chi connectivity index (χ4n) is 3.25. The zero-order valence-corrected chi connectivity index (χ0v) is 18.7. The van der Waals surface area contributed by atoms with Crippen molar-refractivity contribution in [3.05, 3.63) is 103 Å². The second kappa shape index (κ2) is 9.48. The first-order valence-corrected chi connectivity index (χ1v) is 10.8. The summed E-state index contributed by atoms with van der Waals surface area (Å²) in [5.74, 6) is 0. The molecule has 0 spiro atoms. The van der Waals surface area contributed by atoms with Crippen LogP contribution >= 0.6 is 0 Å². The molecule has 0 aromatic heterocycles. The summed E-state index contributed by atoms with van der Waals surface area (Å²) in [7, 11) is 0. The molecule has 0 saturated carbocycles. The quantitative estimate of drug-likeness (QED) is 0.417. The summed E-state index contributed by atoms with van der Waals surface area (Å²) in [5, 5.41) is 6.83. The Morgan fingerprint density at radius 2 is 0.969 bits per heavy atom. The fourth-order valence-corrected chi connectivity index (χ4v) is 3.25. The highest BCUT2D eigenvalue weighted by Gasteiger charge is 2.08. The van der Waals surface area contributed by atoms with Crippen LogP contribution in [0.4, 0.5) is 28.4 Å². The van der Waals surface area contributed by atoms with Crippen molar-refractivity contribution in [1.82, 2.24) is 0 Å². The number of nitrogens with one attached hydrogen (secondary N) is 2. The number of para-hydroxylation sites is 1. The number of hydrogen-bond acceptors (Lipinski definition) is 4. The molecule has 0 atom stereocenters. The van der Waals surface area contributed by atoms with Crippen LogP contribution in [0.2, 0.25) is 0 Å². The highest BCUT2D eigenvalue weighted by molar-refractivity contribution is 6.19. The first-order valence-electron chi connectivity index (χ1n) is 10.8. The van der Waals surface area contributed by atoms with Gasteiger partial charge in [0.15, 0.2) is 0 Å². The van der Waals surface area contributed by atoms with E-state index in [9.17, 15) is 0 Å². The number of rotatable bonds is 5. The van der Waals surface area contributed by atoms with Crippen LogP contribution in [0.25, 0.3) is 0 Å². The molecule has 0 heterocycles. The van der Waals surface area contributed by atoms with E-state index in [0.29, 0.717) is 0 Å². The molecule has 0 amide bonds. The third-order valence-electron chi connectivity index (χ3n) is 4.68. The van der Waals surface area contributed by atoms with Crippen LogP contribution < -0.4 is 10.6 Å². The van der Waals surface area contributed by atoms with Crippen LogP contribution in [-0.2, 0) is 0 Å². The zero-order valence-electron chi connectivity index (χ0n) is 18.7. The predicted molar refractivity (Wildman–Crippen MR) is 138 cm³/mol. The van der Waals surface area contributed by atoms with Crippen molar-refractivity contribution in [3.63, 3.8) is 0 Å². The summed E-state index contributed by atoms with van der Waals surface area (Å²) in [6, 6.07) is 26.5. The Kier molecular flexibility index (Phi) is 6.31. The fraction of sp³-hybridized carbons (Fsp3) is 0.143. The number of anilines is 4. The molecule has 1 aliphatic rings. The normalized spacial score (nSPS) is 13.1. The van der Waals surface area contributed by atoms with E-state index in [1.165, 1.54) is 0 Å². The van der Waals surface area contributed by atoms with Crippen LogP contribution in [0.3, 0.4) is 0 Å². The van der Waals surface area contributed by atoms with E-state index in [1.807, 2.05) is 78.9 Å². The third-order valence-corrected chi connectivity index (χ3v) is 4.68. The Balaban J connectivity index is 1.36. The van der Waals surface area contributed by atoms with Gasteiger partial charge in [-0.2, -0.15) is 0 Å². The van der Waals surface area contributed by atoms with E-state index in [4.69, 9.17) is 4.99 Å². The minimum absolute atomic E-state index is 0.0831. The summed E-state index contributed by atoms with van der Waals surface area (Å²) < 4.78 is 0. The van der Waals surface area contributed by atoms with Crippen molar-refractivity contribution < 1.29 is 0 Å². The molecule has 0 fully saturated rings. The maximum absolute atomic E-state index is 4.70. The molecule has 0 aliphatic heterocycles. The molecular weight excluding hydrogens is 392 g/mol. The number of allylic oxidation sites excluding steroid dienone is 4. The lowest BCUT2D eigenvalue weighted by atomic mass is 10.1. The van der Waals surface area contributed by atoms with E-state index in [0.717, 1.165) is 39.9 Å². The Hall–Kier alpha value is -3.92. The van der Waals surface area contributed by atoms with Gasteiger partial charge < -0.3 is 10.6 Å². The van der Waals surface area contributed by atoms with Gasteiger partial charge in [-0.25, -0.2) is 4.99 Å². The van der Waals surface area contributed by atoms with Gasteiger partial charge in [0, 0.05) is 22.7 Å². The highest BCUT2D eigenvalue weighted by atomic mass is 14.9. The summed E-state index contributed by atoms with van der Waals surface area (Å²) in [6.45, 7) is 6.28. The Morgan fingerprint density at radius 1 is 0.531 bits per heavy atom. The molecule has 0 radical (unpaired) electrons. The van der Waals surface area contributed by atoms with Gasteiger partial charge in [0.1, 0.15) is 0 Å². The predicted octanol–water partition coefficient (Wildman–Crippen LogP) is 7.61. The second-order valence-electron chi connectivity index (χ2n) is 8.65. The van der Waals surface area contributed by atoms with E-state index < -0.39 is 0 Å². The van der Waals surface area contributed by atoms with Crippen molar-refractivity contribution in [3.8, 4) is 0 Å². The molecule has 4 rings (SSSR count). The van der Waals surface area contributed by atoms with Crippen LogP contribution in [-0.4, -0.2) is 17.0 Å². The summed E-state index contributed by atoms with van der Waals surface area (Å²) in [6.07, 6.45) is 8.02. The lowest BCUT2D eigenvalue weighted by Crippen LogP contribution is -2.13. The van der Waals surface area contributed by atoms with Crippen LogP contribution in [0.1, 0.15) is 20.8 Å². The average molecular weight is 421 g/mol. The van der Waals surface area contributed by atoms with Crippen LogP contribution in [0.15, 0.2) is 113 Å². The molecule has 3 aromatic carbocycles. The first kappa shape index (κ1) is 21.3. The molecule has 2 N–H and O–H groups in total. The van der Waals surface area contributed by atoms with Gasteiger partial charge in [-0.1, -0.05) is 18.2 Å². The van der Waals surface area contributed by atoms with Gasteiger partial charge in [0.05, 0.1) is 22.6 Å². The van der Waals surface area contributed by atoms with E-state index >= 15 is 0 Å². The first-order chi connectivity index (χ1) is 15.4.